The average Bonchev–Trinajstić information content (AvgIpc) is 2.36. The van der Waals surface area contributed by atoms with Crippen molar-refractivity contribution in [1.82, 2.24) is 0 Å². The lowest BCUT2D eigenvalue weighted by Crippen LogP contribution is -2.12. The summed E-state index contributed by atoms with van der Waals surface area (Å²) < 4.78 is 0. The second kappa shape index (κ2) is 5.14. The molecule has 0 unspecified atom stereocenters. The predicted octanol–water partition coefficient (Wildman–Crippen LogP) is 3.57. The van der Waals surface area contributed by atoms with Gasteiger partial charge in [-0.25, -0.2) is 0 Å². The third-order valence-corrected chi connectivity index (χ3v) is 3.17. The fourth-order valence-corrected chi connectivity index (χ4v) is 1.82. The molecule has 0 radical (unpaired) electrons. The van der Waals surface area contributed by atoms with Crippen molar-refractivity contribution in [3.8, 4) is 5.75 Å². The number of anilines is 1. The van der Waals surface area contributed by atoms with Crippen LogP contribution in [-0.4, -0.2) is 11.0 Å². The molecule has 3 nitrogen and oxygen atoms in total. The highest BCUT2D eigenvalue weighted by Crippen LogP contribution is 2.24. The number of carbonyl (C=O) groups excluding carboxylic acids is 1. The van der Waals surface area contributed by atoms with E-state index in [0.717, 1.165) is 16.7 Å². The zero-order chi connectivity index (χ0) is 14.0. The van der Waals surface area contributed by atoms with E-state index in [1.807, 2.05) is 39.0 Å². The summed E-state index contributed by atoms with van der Waals surface area (Å²) in [4.78, 5) is 12.1. The quantitative estimate of drug-likeness (QED) is 0.806. The van der Waals surface area contributed by atoms with Crippen molar-refractivity contribution in [1.29, 1.82) is 0 Å². The molecule has 0 aliphatic rings. The largest absolute Gasteiger partial charge is 0.506 e. The van der Waals surface area contributed by atoms with Gasteiger partial charge in [0.1, 0.15) is 5.75 Å². The van der Waals surface area contributed by atoms with Crippen LogP contribution in [0.15, 0.2) is 36.4 Å². The normalized spacial score (nSPS) is 10.3. The van der Waals surface area contributed by atoms with Gasteiger partial charge in [0.25, 0.3) is 5.91 Å². The Bertz CT molecular complexity index is 633. The summed E-state index contributed by atoms with van der Waals surface area (Å²) in [6.45, 7) is 5.85. The molecule has 3 heteroatoms. The number of hydrogen-bond donors (Lipinski definition) is 2. The van der Waals surface area contributed by atoms with Gasteiger partial charge in [0.05, 0.1) is 5.69 Å². The highest BCUT2D eigenvalue weighted by Gasteiger charge is 2.09. The lowest BCUT2D eigenvalue weighted by atomic mass is 10.1. The van der Waals surface area contributed by atoms with Gasteiger partial charge in [-0.05, 0) is 61.7 Å². The van der Waals surface area contributed by atoms with Crippen LogP contribution < -0.4 is 5.32 Å². The molecule has 0 spiro atoms. The maximum absolute atomic E-state index is 12.1. The van der Waals surface area contributed by atoms with E-state index in [2.05, 4.69) is 5.32 Å². The molecular weight excluding hydrogens is 238 g/mol. The third-order valence-electron chi connectivity index (χ3n) is 3.17. The molecule has 1 amide bonds. The number of phenols is 1. The summed E-state index contributed by atoms with van der Waals surface area (Å²) in [6.07, 6.45) is 0. The molecule has 2 N–H and O–H groups in total. The van der Waals surface area contributed by atoms with Crippen LogP contribution >= 0.6 is 0 Å². The first kappa shape index (κ1) is 13.1. The van der Waals surface area contributed by atoms with E-state index in [4.69, 9.17) is 0 Å². The van der Waals surface area contributed by atoms with Crippen LogP contribution in [0.3, 0.4) is 0 Å². The van der Waals surface area contributed by atoms with Gasteiger partial charge in [0.15, 0.2) is 0 Å². The van der Waals surface area contributed by atoms with Crippen molar-refractivity contribution < 1.29 is 9.90 Å². The monoisotopic (exact) mass is 255 g/mol. The Morgan fingerprint density at radius 2 is 1.74 bits per heavy atom. The van der Waals surface area contributed by atoms with Gasteiger partial charge in [-0.1, -0.05) is 12.1 Å². The summed E-state index contributed by atoms with van der Waals surface area (Å²) in [5.41, 5.74) is 4.18. The first-order valence-electron chi connectivity index (χ1n) is 6.15. The average molecular weight is 255 g/mol. The lowest BCUT2D eigenvalue weighted by molar-refractivity contribution is 0.102. The van der Waals surface area contributed by atoms with Crippen molar-refractivity contribution in [2.75, 3.05) is 5.32 Å². The molecule has 0 aromatic heterocycles. The van der Waals surface area contributed by atoms with Crippen LogP contribution in [0.2, 0.25) is 0 Å². The Balaban J connectivity index is 2.23. The zero-order valence-corrected chi connectivity index (χ0v) is 11.3. The number of hydrogen-bond acceptors (Lipinski definition) is 2. The van der Waals surface area contributed by atoms with Crippen LogP contribution in [0.25, 0.3) is 0 Å². The molecule has 0 fully saturated rings. The fourth-order valence-electron chi connectivity index (χ4n) is 1.82. The Hall–Kier alpha value is -2.29. The molecule has 0 saturated carbocycles. The van der Waals surface area contributed by atoms with Crippen LogP contribution in [0.1, 0.15) is 27.0 Å². The molecule has 0 saturated heterocycles. The van der Waals surface area contributed by atoms with Crippen molar-refractivity contribution in [3.63, 3.8) is 0 Å². The highest BCUT2D eigenvalue weighted by atomic mass is 16.3. The van der Waals surface area contributed by atoms with E-state index < -0.39 is 0 Å². The van der Waals surface area contributed by atoms with Crippen LogP contribution in [0.5, 0.6) is 5.75 Å². The molecule has 2 aromatic rings. The number of aromatic hydroxyl groups is 1. The maximum atomic E-state index is 12.1. The molecular formula is C16H17NO2. The molecule has 19 heavy (non-hydrogen) atoms. The van der Waals surface area contributed by atoms with E-state index in [1.54, 1.807) is 18.2 Å². The maximum Gasteiger partial charge on any atom is 0.255 e. The van der Waals surface area contributed by atoms with Gasteiger partial charge in [0.2, 0.25) is 0 Å². The van der Waals surface area contributed by atoms with Gasteiger partial charge >= 0.3 is 0 Å². The lowest BCUT2D eigenvalue weighted by Gasteiger charge is -2.09. The molecule has 2 rings (SSSR count). The number of phenolic OH excluding ortho intramolecular Hbond substituents is 1. The first-order chi connectivity index (χ1) is 8.97. The Morgan fingerprint density at radius 3 is 2.37 bits per heavy atom. The van der Waals surface area contributed by atoms with Crippen LogP contribution in [-0.2, 0) is 0 Å². The van der Waals surface area contributed by atoms with E-state index in [0.29, 0.717) is 11.3 Å². The minimum atomic E-state index is -0.220. The molecule has 0 heterocycles. The predicted molar refractivity (Wildman–Crippen MR) is 76.7 cm³/mol. The number of rotatable bonds is 2. The van der Waals surface area contributed by atoms with E-state index in [1.165, 1.54) is 0 Å². The summed E-state index contributed by atoms with van der Waals surface area (Å²) >= 11 is 0. The molecule has 0 bridgehead atoms. The van der Waals surface area contributed by atoms with Crippen molar-refractivity contribution in [2.24, 2.45) is 0 Å². The van der Waals surface area contributed by atoms with Gasteiger partial charge in [-0.2, -0.15) is 0 Å². The van der Waals surface area contributed by atoms with Gasteiger partial charge < -0.3 is 10.4 Å². The van der Waals surface area contributed by atoms with Crippen molar-refractivity contribution >= 4 is 11.6 Å². The number of carbonyl (C=O) groups is 1. The molecule has 2 aromatic carbocycles. The summed E-state index contributed by atoms with van der Waals surface area (Å²) in [5.74, 6) is -0.139. The zero-order valence-electron chi connectivity index (χ0n) is 11.3. The molecule has 0 aliphatic carbocycles. The number of benzene rings is 2. The topological polar surface area (TPSA) is 49.3 Å². The molecule has 98 valence electrons. The number of amides is 1. The van der Waals surface area contributed by atoms with Gasteiger partial charge in [0, 0.05) is 5.56 Å². The van der Waals surface area contributed by atoms with E-state index >= 15 is 0 Å². The Kier molecular flexibility index (Phi) is 3.56. The van der Waals surface area contributed by atoms with Gasteiger partial charge in [-0.15, -0.1) is 0 Å². The molecule has 0 atom stereocenters. The van der Waals surface area contributed by atoms with E-state index in [9.17, 15) is 9.90 Å². The summed E-state index contributed by atoms with van der Waals surface area (Å²) in [5, 5.41) is 12.5. The minimum Gasteiger partial charge on any atom is -0.506 e. The molecule has 0 aliphatic heterocycles. The summed E-state index contributed by atoms with van der Waals surface area (Å²) in [7, 11) is 0. The van der Waals surface area contributed by atoms with Crippen LogP contribution in [0, 0.1) is 20.8 Å². The second-order valence-corrected chi connectivity index (χ2v) is 4.77. The Morgan fingerprint density at radius 1 is 1.00 bits per heavy atom. The van der Waals surface area contributed by atoms with E-state index in [-0.39, 0.29) is 11.7 Å². The van der Waals surface area contributed by atoms with Crippen molar-refractivity contribution in [3.05, 3.63) is 58.7 Å². The van der Waals surface area contributed by atoms with Crippen LogP contribution in [0.4, 0.5) is 5.69 Å². The number of nitrogens with one attached hydrogen (secondary N) is 1. The fraction of sp³-hybridized carbons (Fsp3) is 0.188. The number of aryl methyl sites for hydroxylation is 3. The second-order valence-electron chi connectivity index (χ2n) is 4.77. The van der Waals surface area contributed by atoms with Gasteiger partial charge in [-0.3, -0.25) is 4.79 Å². The Labute approximate surface area is 112 Å². The highest BCUT2D eigenvalue weighted by molar-refractivity contribution is 6.05. The standard InChI is InChI=1S/C16H17NO2/c1-10-4-7-14(15(18)8-10)17-16(19)13-6-5-11(2)12(3)9-13/h4-9,18H,1-3H3,(H,17,19). The minimum absolute atomic E-state index is 0.0807. The third kappa shape index (κ3) is 2.94. The SMILES string of the molecule is Cc1ccc(NC(=O)c2ccc(C)c(C)c2)c(O)c1. The smallest absolute Gasteiger partial charge is 0.255 e. The summed E-state index contributed by atoms with van der Waals surface area (Å²) in [6, 6.07) is 10.7. The van der Waals surface area contributed by atoms with Crippen molar-refractivity contribution in [2.45, 2.75) is 20.8 Å². The first-order valence-corrected chi connectivity index (χ1v) is 6.15.